The average Bonchev–Trinajstić information content (AvgIpc) is 3.25. The molecule has 3 aliphatic carbocycles. The van der Waals surface area contributed by atoms with E-state index in [0.29, 0.717) is 24.2 Å². The van der Waals surface area contributed by atoms with Crippen molar-refractivity contribution >= 4 is 0 Å². The van der Waals surface area contributed by atoms with E-state index >= 15 is 0 Å². The molecule has 1 aliphatic heterocycles. The van der Waals surface area contributed by atoms with Crippen LogP contribution < -0.4 is 10.6 Å². The molecule has 4 aliphatic rings. The minimum Gasteiger partial charge on any atom is -0.297 e. The van der Waals surface area contributed by atoms with Crippen LogP contribution in [0.3, 0.4) is 0 Å². The van der Waals surface area contributed by atoms with Gasteiger partial charge in [-0.3, -0.25) is 10.6 Å². The Morgan fingerprint density at radius 2 is 1.13 bits per heavy atom. The van der Waals surface area contributed by atoms with Crippen molar-refractivity contribution in [3.63, 3.8) is 0 Å². The summed E-state index contributed by atoms with van der Waals surface area (Å²) in [5, 5.41) is 17.9. The second-order valence-corrected chi connectivity index (χ2v) is 12.5. The molecule has 4 unspecified atom stereocenters. The van der Waals surface area contributed by atoms with E-state index in [-0.39, 0.29) is 5.92 Å². The third-order valence-corrected chi connectivity index (χ3v) is 10.0. The van der Waals surface area contributed by atoms with Gasteiger partial charge >= 0.3 is 0 Å². The van der Waals surface area contributed by atoms with Gasteiger partial charge < -0.3 is 0 Å². The molecule has 4 rings (SSSR count). The Kier molecular flexibility index (Phi) is 8.03. The quantitative estimate of drug-likeness (QED) is 0.526. The molecule has 4 atom stereocenters. The van der Waals surface area contributed by atoms with Crippen LogP contribution in [0.4, 0.5) is 0 Å². The summed E-state index contributed by atoms with van der Waals surface area (Å²) in [6.45, 7) is 9.67. The Morgan fingerprint density at radius 1 is 0.645 bits per heavy atom. The summed E-state index contributed by atoms with van der Waals surface area (Å²) in [7, 11) is 0. The lowest BCUT2D eigenvalue weighted by Crippen LogP contribution is -2.46. The number of rotatable bonds is 5. The minimum atomic E-state index is 0.280. The van der Waals surface area contributed by atoms with E-state index < -0.39 is 0 Å². The summed E-state index contributed by atoms with van der Waals surface area (Å²) < 4.78 is 0. The average molecular weight is 428 g/mol. The van der Waals surface area contributed by atoms with Gasteiger partial charge in [-0.25, -0.2) is 0 Å². The number of nitrogens with zero attached hydrogens (tertiary/aromatic N) is 1. The van der Waals surface area contributed by atoms with Crippen LogP contribution in [0.5, 0.6) is 0 Å². The minimum absolute atomic E-state index is 0.280. The Labute approximate surface area is 192 Å². The van der Waals surface area contributed by atoms with Crippen molar-refractivity contribution in [2.45, 2.75) is 123 Å². The molecule has 1 heterocycles. The van der Waals surface area contributed by atoms with Gasteiger partial charge in [-0.15, -0.1) is 0 Å². The Balaban J connectivity index is 1.43. The number of nitrogens with one attached hydrogen (secondary N) is 2. The van der Waals surface area contributed by atoms with E-state index in [1.54, 1.807) is 0 Å². The Hall–Kier alpha value is -0.590. The first-order chi connectivity index (χ1) is 15.0. The highest BCUT2D eigenvalue weighted by molar-refractivity contribution is 5.04. The molecule has 0 bridgehead atoms. The van der Waals surface area contributed by atoms with E-state index in [9.17, 15) is 5.26 Å². The third kappa shape index (κ3) is 5.50. The number of hydrogen-bond donors (Lipinski definition) is 2. The second kappa shape index (κ2) is 10.6. The van der Waals surface area contributed by atoms with Crippen LogP contribution >= 0.6 is 0 Å². The maximum atomic E-state index is 9.51. The first-order valence-corrected chi connectivity index (χ1v) is 13.9. The highest BCUT2D eigenvalue weighted by atomic mass is 15.3. The molecule has 1 saturated heterocycles. The van der Waals surface area contributed by atoms with Gasteiger partial charge in [-0.2, -0.15) is 5.26 Å². The molecular weight excluding hydrogens is 378 g/mol. The van der Waals surface area contributed by atoms with Crippen molar-refractivity contribution in [1.29, 1.82) is 5.26 Å². The van der Waals surface area contributed by atoms with Crippen LogP contribution in [0.1, 0.15) is 105 Å². The fourth-order valence-corrected chi connectivity index (χ4v) is 7.79. The van der Waals surface area contributed by atoms with Gasteiger partial charge in [0.1, 0.15) is 0 Å². The molecule has 3 nitrogen and oxygen atoms in total. The smallest absolute Gasteiger partial charge is 0.0655 e. The van der Waals surface area contributed by atoms with E-state index in [4.69, 9.17) is 0 Å². The molecule has 0 aromatic rings. The normalized spacial score (nSPS) is 44.5. The lowest BCUT2D eigenvalue weighted by atomic mass is 9.69. The summed E-state index contributed by atoms with van der Waals surface area (Å²) >= 11 is 0. The van der Waals surface area contributed by atoms with Crippen molar-refractivity contribution in [2.24, 2.45) is 47.3 Å². The van der Waals surface area contributed by atoms with E-state index in [2.05, 4.69) is 44.4 Å². The fraction of sp³-hybridized carbons (Fsp3) is 0.964. The number of nitriles is 1. The van der Waals surface area contributed by atoms with E-state index in [1.165, 1.54) is 64.2 Å². The fourth-order valence-electron chi connectivity index (χ4n) is 7.79. The lowest BCUT2D eigenvalue weighted by Gasteiger charge is -2.40. The Morgan fingerprint density at radius 3 is 1.55 bits per heavy atom. The Bertz CT molecular complexity index is 556. The van der Waals surface area contributed by atoms with Crippen LogP contribution in [0, 0.1) is 58.7 Å². The lowest BCUT2D eigenvalue weighted by molar-refractivity contribution is 0.145. The van der Waals surface area contributed by atoms with Gasteiger partial charge in [0.2, 0.25) is 0 Å². The monoisotopic (exact) mass is 427 g/mol. The SMILES string of the molecule is CC(C)C1CCC(C2NC(C3CCCC(C#N)C3)NC2C2CCC(C(C)C)CC2)CC1. The number of hydrogen-bond acceptors (Lipinski definition) is 3. The van der Waals surface area contributed by atoms with Crippen LogP contribution in [0.2, 0.25) is 0 Å². The summed E-state index contributed by atoms with van der Waals surface area (Å²) in [6.07, 6.45) is 16.6. The van der Waals surface area contributed by atoms with Crippen LogP contribution in [0.25, 0.3) is 0 Å². The summed E-state index contributed by atoms with van der Waals surface area (Å²) in [6, 6.07) is 3.89. The largest absolute Gasteiger partial charge is 0.297 e. The predicted molar refractivity (Wildman–Crippen MR) is 129 cm³/mol. The molecule has 0 amide bonds. The van der Waals surface area contributed by atoms with Crippen molar-refractivity contribution < 1.29 is 0 Å². The highest BCUT2D eigenvalue weighted by Gasteiger charge is 2.46. The summed E-state index contributed by atoms with van der Waals surface area (Å²) in [5.41, 5.74) is 0. The zero-order valence-electron chi connectivity index (χ0n) is 20.8. The van der Waals surface area contributed by atoms with Crippen molar-refractivity contribution in [1.82, 2.24) is 10.6 Å². The first kappa shape index (κ1) is 23.6. The summed E-state index contributed by atoms with van der Waals surface area (Å²) in [5.74, 6) is 6.18. The molecular formula is C28H49N3. The van der Waals surface area contributed by atoms with Gasteiger partial charge in [0.15, 0.2) is 0 Å². The molecule has 3 saturated carbocycles. The van der Waals surface area contributed by atoms with Gasteiger partial charge in [-0.1, -0.05) is 34.1 Å². The topological polar surface area (TPSA) is 47.9 Å². The predicted octanol–water partition coefficient (Wildman–Crippen LogP) is 6.50. The molecule has 0 aromatic heterocycles. The van der Waals surface area contributed by atoms with Crippen molar-refractivity contribution in [3.05, 3.63) is 0 Å². The maximum Gasteiger partial charge on any atom is 0.0655 e. The molecule has 0 radical (unpaired) electrons. The molecule has 3 heteroatoms. The van der Waals surface area contributed by atoms with Crippen LogP contribution in [0.15, 0.2) is 0 Å². The zero-order chi connectivity index (χ0) is 22.0. The van der Waals surface area contributed by atoms with Gasteiger partial charge in [0, 0.05) is 18.0 Å². The first-order valence-electron chi connectivity index (χ1n) is 13.9. The van der Waals surface area contributed by atoms with E-state index in [0.717, 1.165) is 48.3 Å². The van der Waals surface area contributed by atoms with Gasteiger partial charge in [-0.05, 0) is 112 Å². The standard InChI is InChI=1S/C28H49N3/c1-18(2)21-8-12-23(13-9-21)26-27(24-14-10-22(11-15-24)19(3)4)31-28(30-26)25-7-5-6-20(16-25)17-29/h18-28,30-31H,5-16H2,1-4H3. The molecule has 0 aromatic carbocycles. The van der Waals surface area contributed by atoms with Crippen molar-refractivity contribution in [3.8, 4) is 6.07 Å². The van der Waals surface area contributed by atoms with Crippen LogP contribution in [-0.2, 0) is 0 Å². The zero-order valence-corrected chi connectivity index (χ0v) is 20.8. The van der Waals surface area contributed by atoms with Crippen molar-refractivity contribution in [2.75, 3.05) is 0 Å². The molecule has 2 N–H and O–H groups in total. The van der Waals surface area contributed by atoms with Gasteiger partial charge in [0.25, 0.3) is 0 Å². The third-order valence-electron chi connectivity index (χ3n) is 10.0. The molecule has 176 valence electrons. The maximum absolute atomic E-state index is 9.51. The van der Waals surface area contributed by atoms with E-state index in [1.807, 2.05) is 0 Å². The second-order valence-electron chi connectivity index (χ2n) is 12.5. The molecule has 31 heavy (non-hydrogen) atoms. The molecule has 0 spiro atoms. The van der Waals surface area contributed by atoms with Gasteiger partial charge in [0.05, 0.1) is 12.2 Å². The van der Waals surface area contributed by atoms with Crippen LogP contribution in [-0.4, -0.2) is 18.2 Å². The molecule has 4 fully saturated rings. The summed E-state index contributed by atoms with van der Waals surface area (Å²) in [4.78, 5) is 0. The highest BCUT2D eigenvalue weighted by Crippen LogP contribution is 2.43.